The zero-order valence-corrected chi connectivity index (χ0v) is 15.2. The van der Waals surface area contributed by atoms with Crippen molar-refractivity contribution in [3.8, 4) is 5.75 Å². The van der Waals surface area contributed by atoms with Crippen LogP contribution in [0.5, 0.6) is 5.75 Å². The van der Waals surface area contributed by atoms with Crippen LogP contribution in [-0.4, -0.2) is 37.3 Å². The number of thiophene rings is 1. The van der Waals surface area contributed by atoms with Crippen LogP contribution in [0.4, 0.5) is 0 Å². The third kappa shape index (κ3) is 5.95. The lowest BCUT2D eigenvalue weighted by molar-refractivity contribution is -0.136. The summed E-state index contributed by atoms with van der Waals surface area (Å²) in [5, 5.41) is 5.05. The highest BCUT2D eigenvalue weighted by Crippen LogP contribution is 2.18. The molecule has 7 heteroatoms. The van der Waals surface area contributed by atoms with Gasteiger partial charge in [-0.25, -0.2) is 0 Å². The molecule has 2 aromatic rings. The largest absolute Gasteiger partial charge is 0.484 e. The van der Waals surface area contributed by atoms with E-state index in [4.69, 9.17) is 9.47 Å². The summed E-state index contributed by atoms with van der Waals surface area (Å²) in [5.74, 6) is 0.331. The smallest absolute Gasteiger partial charge is 0.262 e. The molecular weight excluding hydrogens is 340 g/mol. The van der Waals surface area contributed by atoms with E-state index < -0.39 is 6.17 Å². The number of nitrogens with zero attached hydrogens (tertiary/aromatic N) is 2. The van der Waals surface area contributed by atoms with Crippen molar-refractivity contribution in [2.75, 3.05) is 20.3 Å². The Hall–Kier alpha value is -2.25. The number of ether oxygens (including phenoxy) is 2. The lowest BCUT2D eigenvalue weighted by atomic mass is 10.2. The molecular formula is C18H22N2O4S. The van der Waals surface area contributed by atoms with Crippen LogP contribution in [0.25, 0.3) is 0 Å². The zero-order valence-electron chi connectivity index (χ0n) is 14.4. The highest BCUT2D eigenvalue weighted by Gasteiger charge is 2.25. The summed E-state index contributed by atoms with van der Waals surface area (Å²) < 4.78 is 10.6. The highest BCUT2D eigenvalue weighted by molar-refractivity contribution is 7.09. The molecule has 0 aliphatic carbocycles. The van der Waals surface area contributed by atoms with Gasteiger partial charge in [-0.3, -0.25) is 4.79 Å². The summed E-state index contributed by atoms with van der Waals surface area (Å²) >= 11 is 1.53. The molecule has 1 heterocycles. The summed E-state index contributed by atoms with van der Waals surface area (Å²) in [6.07, 6.45) is -0.432. The van der Waals surface area contributed by atoms with Crippen LogP contribution < -0.4 is 4.74 Å². The van der Waals surface area contributed by atoms with E-state index in [-0.39, 0.29) is 12.5 Å². The van der Waals surface area contributed by atoms with Crippen LogP contribution in [0, 0.1) is 11.8 Å². The third-order valence-electron chi connectivity index (χ3n) is 3.67. The molecule has 134 valence electrons. The molecule has 1 aromatic heterocycles. The molecule has 0 spiro atoms. The Morgan fingerprint density at radius 1 is 1.28 bits per heavy atom. The van der Waals surface area contributed by atoms with E-state index in [2.05, 4.69) is 5.18 Å². The van der Waals surface area contributed by atoms with Crippen LogP contribution in [0.15, 0.2) is 47.0 Å². The number of aryl methyl sites for hydroxylation is 1. The number of carbonyl (C=O) groups is 1. The molecule has 0 fully saturated rings. The van der Waals surface area contributed by atoms with Gasteiger partial charge in [0.05, 0.1) is 13.2 Å². The van der Waals surface area contributed by atoms with E-state index >= 15 is 0 Å². The van der Waals surface area contributed by atoms with Gasteiger partial charge in [0.15, 0.2) is 12.8 Å². The van der Waals surface area contributed by atoms with Gasteiger partial charge in [-0.05, 0) is 35.7 Å². The molecule has 1 amide bonds. The fourth-order valence-electron chi connectivity index (χ4n) is 2.28. The average molecular weight is 362 g/mol. The molecule has 25 heavy (non-hydrogen) atoms. The van der Waals surface area contributed by atoms with Crippen LogP contribution in [0.3, 0.4) is 0 Å². The molecule has 0 saturated heterocycles. The number of hydrogen-bond donors (Lipinski definition) is 0. The second-order valence-corrected chi connectivity index (χ2v) is 6.60. The lowest BCUT2D eigenvalue weighted by Gasteiger charge is -2.26. The Morgan fingerprint density at radius 3 is 2.64 bits per heavy atom. The van der Waals surface area contributed by atoms with E-state index in [0.717, 1.165) is 10.4 Å². The molecule has 6 nitrogen and oxygen atoms in total. The quantitative estimate of drug-likeness (QED) is 0.606. The average Bonchev–Trinajstić information content (AvgIpc) is 3.13. The van der Waals surface area contributed by atoms with Gasteiger partial charge in [-0.15, -0.1) is 16.2 Å². The first-order chi connectivity index (χ1) is 12.1. The van der Waals surface area contributed by atoms with Crippen molar-refractivity contribution >= 4 is 17.2 Å². The van der Waals surface area contributed by atoms with E-state index in [1.165, 1.54) is 16.2 Å². The Morgan fingerprint density at radius 2 is 2.04 bits per heavy atom. The number of carbonyl (C=O) groups excluding carboxylic acids is 1. The van der Waals surface area contributed by atoms with Gasteiger partial charge in [0, 0.05) is 18.4 Å². The van der Waals surface area contributed by atoms with Crippen LogP contribution in [-0.2, 0) is 16.1 Å². The summed E-state index contributed by atoms with van der Waals surface area (Å²) in [5.41, 5.74) is 1.11. The predicted octanol–water partition coefficient (Wildman–Crippen LogP) is 3.59. The fourth-order valence-corrected chi connectivity index (χ4v) is 2.98. The second-order valence-electron chi connectivity index (χ2n) is 5.57. The first-order valence-electron chi connectivity index (χ1n) is 7.96. The van der Waals surface area contributed by atoms with E-state index in [9.17, 15) is 9.70 Å². The molecule has 1 aromatic carbocycles. The van der Waals surface area contributed by atoms with Crippen molar-refractivity contribution < 1.29 is 14.3 Å². The van der Waals surface area contributed by atoms with Gasteiger partial charge in [0.2, 0.25) is 0 Å². The molecule has 0 radical (unpaired) electrons. The summed E-state index contributed by atoms with van der Waals surface area (Å²) in [7, 11) is 1.55. The lowest BCUT2D eigenvalue weighted by Crippen LogP contribution is -2.41. The predicted molar refractivity (Wildman–Crippen MR) is 97.6 cm³/mol. The number of amides is 1. The van der Waals surface area contributed by atoms with E-state index in [1.807, 2.05) is 48.7 Å². The van der Waals surface area contributed by atoms with Crippen molar-refractivity contribution in [3.63, 3.8) is 0 Å². The van der Waals surface area contributed by atoms with E-state index in [1.54, 1.807) is 7.11 Å². The molecule has 2 rings (SSSR count). The van der Waals surface area contributed by atoms with Crippen molar-refractivity contribution in [2.24, 2.45) is 5.18 Å². The molecule has 1 atom stereocenters. The number of rotatable bonds is 10. The molecule has 0 aliphatic heterocycles. The minimum Gasteiger partial charge on any atom is -0.484 e. The maximum atomic E-state index is 12.6. The van der Waals surface area contributed by atoms with Crippen molar-refractivity contribution in [3.05, 3.63) is 57.1 Å². The normalized spacial score (nSPS) is 11.8. The summed E-state index contributed by atoms with van der Waals surface area (Å²) in [6.45, 7) is 2.51. The fraction of sp³-hybridized carbons (Fsp3) is 0.389. The van der Waals surface area contributed by atoms with Gasteiger partial charge in [-0.1, -0.05) is 23.8 Å². The highest BCUT2D eigenvalue weighted by atomic mass is 32.1. The molecule has 0 saturated carbocycles. The maximum Gasteiger partial charge on any atom is 0.262 e. The van der Waals surface area contributed by atoms with Gasteiger partial charge < -0.3 is 14.4 Å². The third-order valence-corrected chi connectivity index (χ3v) is 4.53. The van der Waals surface area contributed by atoms with Gasteiger partial charge in [-0.2, -0.15) is 0 Å². The Kier molecular flexibility index (Phi) is 7.56. The first kappa shape index (κ1) is 19.1. The van der Waals surface area contributed by atoms with Crippen LogP contribution in [0.1, 0.15) is 16.9 Å². The van der Waals surface area contributed by atoms with Crippen LogP contribution >= 0.6 is 11.3 Å². The number of hydrogen-bond acceptors (Lipinski definition) is 6. The maximum absolute atomic E-state index is 12.6. The Labute approximate surface area is 151 Å². The number of nitroso groups, excluding NO2 is 1. The SMILES string of the molecule is COCCC(N=O)N(Cc1cccs1)C(=O)COc1ccc(C)cc1. The molecule has 0 N–H and O–H groups in total. The van der Waals surface area contributed by atoms with Crippen molar-refractivity contribution in [1.82, 2.24) is 4.90 Å². The molecule has 0 bridgehead atoms. The van der Waals surface area contributed by atoms with E-state index in [0.29, 0.717) is 25.3 Å². The standard InChI is InChI=1S/C18H22N2O4S/c1-14-5-7-15(8-6-14)24-13-18(21)20(12-16-4-3-11-25-16)17(19-22)9-10-23-2/h3-8,11,17H,9-10,12-13H2,1-2H3. The number of benzene rings is 1. The minimum atomic E-state index is -0.781. The van der Waals surface area contributed by atoms with Crippen molar-refractivity contribution in [2.45, 2.75) is 26.1 Å². The monoisotopic (exact) mass is 362 g/mol. The van der Waals surface area contributed by atoms with Gasteiger partial charge >= 0.3 is 0 Å². The Bertz CT molecular complexity index is 658. The number of methoxy groups -OCH3 is 1. The topological polar surface area (TPSA) is 68.2 Å². The molecule has 0 aliphatic rings. The Balaban J connectivity index is 2.04. The zero-order chi connectivity index (χ0) is 18.1. The first-order valence-corrected chi connectivity index (χ1v) is 8.84. The van der Waals surface area contributed by atoms with Gasteiger partial charge in [0.1, 0.15) is 5.75 Å². The van der Waals surface area contributed by atoms with Crippen molar-refractivity contribution in [1.29, 1.82) is 0 Å². The summed E-state index contributed by atoms with van der Waals surface area (Å²) in [6, 6.07) is 11.3. The second kappa shape index (κ2) is 9.90. The minimum absolute atomic E-state index is 0.145. The molecule has 1 unspecified atom stereocenters. The summed E-state index contributed by atoms with van der Waals surface area (Å²) in [4.78, 5) is 26.3. The van der Waals surface area contributed by atoms with Crippen LogP contribution in [0.2, 0.25) is 0 Å². The van der Waals surface area contributed by atoms with Gasteiger partial charge in [0.25, 0.3) is 5.91 Å².